The second-order valence-electron chi connectivity index (χ2n) is 8.50. The van der Waals surface area contributed by atoms with Gasteiger partial charge in [0, 0.05) is 51.4 Å². The lowest BCUT2D eigenvalue weighted by Gasteiger charge is -2.63. The van der Waals surface area contributed by atoms with Crippen LogP contribution in [0.5, 0.6) is 0 Å². The van der Waals surface area contributed by atoms with Crippen LogP contribution >= 0.6 is 0 Å². The number of rotatable bonds is 3. The van der Waals surface area contributed by atoms with Crippen molar-refractivity contribution in [2.75, 3.05) is 39.3 Å². The molecule has 0 amide bonds. The summed E-state index contributed by atoms with van der Waals surface area (Å²) in [5, 5.41) is 10.1. The van der Waals surface area contributed by atoms with Gasteiger partial charge in [-0.05, 0) is 25.2 Å². The number of aliphatic hydroxyl groups is 1. The third-order valence-corrected chi connectivity index (χ3v) is 6.20. The molecule has 0 bridgehead atoms. The third kappa shape index (κ3) is 2.44. The van der Waals surface area contributed by atoms with E-state index >= 15 is 0 Å². The van der Waals surface area contributed by atoms with Gasteiger partial charge in [-0.2, -0.15) is 0 Å². The quantitative estimate of drug-likeness (QED) is 0.841. The lowest BCUT2D eigenvalue weighted by Crippen LogP contribution is -2.79. The molecular weight excluding hydrogens is 262 g/mol. The van der Waals surface area contributed by atoms with E-state index in [2.05, 4.69) is 28.5 Å². The average molecular weight is 293 g/mol. The lowest BCUT2D eigenvalue weighted by molar-refractivity contribution is -0.136. The van der Waals surface area contributed by atoms with E-state index in [9.17, 15) is 5.11 Å². The highest BCUT2D eigenvalue weighted by Crippen LogP contribution is 2.42. The van der Waals surface area contributed by atoms with Crippen molar-refractivity contribution in [1.29, 1.82) is 0 Å². The molecule has 3 saturated heterocycles. The summed E-state index contributed by atoms with van der Waals surface area (Å²) < 4.78 is 0. The van der Waals surface area contributed by atoms with Crippen molar-refractivity contribution >= 4 is 0 Å². The fraction of sp³-hybridized carbons (Fsp3) is 1.00. The predicted molar refractivity (Wildman–Crippen MR) is 84.3 cm³/mol. The van der Waals surface area contributed by atoms with E-state index in [0.717, 1.165) is 24.9 Å². The second kappa shape index (κ2) is 5.19. The maximum Gasteiger partial charge on any atom is 0.0682 e. The number of hydrogen-bond donors (Lipinski definition) is 1. The minimum atomic E-state index is -0.0939. The highest BCUT2D eigenvalue weighted by molar-refractivity contribution is 5.14. The van der Waals surface area contributed by atoms with Gasteiger partial charge in [-0.1, -0.05) is 20.3 Å². The minimum Gasteiger partial charge on any atom is -0.392 e. The Balaban J connectivity index is 1.47. The molecule has 3 aliphatic heterocycles. The molecule has 0 aromatic heterocycles. The summed E-state index contributed by atoms with van der Waals surface area (Å²) in [7, 11) is 0. The molecule has 120 valence electrons. The molecule has 21 heavy (non-hydrogen) atoms. The molecule has 0 aromatic carbocycles. The smallest absolute Gasteiger partial charge is 0.0682 e. The molecule has 0 aromatic rings. The summed E-state index contributed by atoms with van der Waals surface area (Å²) in [5.41, 5.74) is 0.352. The van der Waals surface area contributed by atoms with Crippen molar-refractivity contribution in [1.82, 2.24) is 14.7 Å². The molecule has 1 N–H and O–H groups in total. The van der Waals surface area contributed by atoms with Gasteiger partial charge in [-0.25, -0.2) is 0 Å². The van der Waals surface area contributed by atoms with Gasteiger partial charge in [0.25, 0.3) is 0 Å². The van der Waals surface area contributed by atoms with Gasteiger partial charge in [0.15, 0.2) is 0 Å². The van der Waals surface area contributed by atoms with E-state index < -0.39 is 0 Å². The zero-order chi connectivity index (χ0) is 14.6. The number of likely N-dealkylation sites (tertiary alicyclic amines) is 1. The van der Waals surface area contributed by atoms with E-state index in [0.29, 0.717) is 11.6 Å². The molecule has 1 aliphatic carbocycles. The van der Waals surface area contributed by atoms with Crippen LogP contribution in [0.1, 0.15) is 39.5 Å². The standard InChI is InChI=1S/C17H31N3O/c1-13(2)7-18-8-15-6-16(21)9-20(15)17(10-18)11-19(12-17)14-4-3-5-14/h13-16,21H,3-12H2,1-2H3. The number of hydrogen-bond acceptors (Lipinski definition) is 4. The first-order valence-electron chi connectivity index (χ1n) is 8.97. The number of fused-ring (bicyclic) bond motifs is 2. The highest BCUT2D eigenvalue weighted by Gasteiger charge is 2.57. The molecule has 4 fully saturated rings. The fourth-order valence-corrected chi connectivity index (χ4v) is 5.17. The molecule has 1 spiro atoms. The first-order valence-corrected chi connectivity index (χ1v) is 8.97. The van der Waals surface area contributed by atoms with Crippen molar-refractivity contribution in [3.05, 3.63) is 0 Å². The predicted octanol–water partition coefficient (Wildman–Crippen LogP) is 1.00. The van der Waals surface area contributed by atoms with Crippen LogP contribution in [0.25, 0.3) is 0 Å². The molecule has 2 unspecified atom stereocenters. The Morgan fingerprint density at radius 1 is 1.10 bits per heavy atom. The van der Waals surface area contributed by atoms with Crippen LogP contribution in [0.2, 0.25) is 0 Å². The monoisotopic (exact) mass is 293 g/mol. The summed E-state index contributed by atoms with van der Waals surface area (Å²) in [6, 6.07) is 1.47. The van der Waals surface area contributed by atoms with Crippen molar-refractivity contribution in [3.8, 4) is 0 Å². The molecule has 2 atom stereocenters. The largest absolute Gasteiger partial charge is 0.392 e. The summed E-state index contributed by atoms with van der Waals surface area (Å²) in [6.07, 6.45) is 5.15. The first kappa shape index (κ1) is 14.4. The number of piperazine rings is 1. The Morgan fingerprint density at radius 2 is 1.86 bits per heavy atom. The SMILES string of the molecule is CC(C)CN1CC2CC(O)CN2C2(C1)CN(C1CCC1)C2. The molecular formula is C17H31N3O. The molecule has 4 heteroatoms. The topological polar surface area (TPSA) is 30.0 Å². The minimum absolute atomic E-state index is 0.0939. The van der Waals surface area contributed by atoms with Crippen molar-refractivity contribution in [3.63, 3.8) is 0 Å². The maximum atomic E-state index is 10.1. The Kier molecular flexibility index (Phi) is 3.57. The zero-order valence-corrected chi connectivity index (χ0v) is 13.7. The van der Waals surface area contributed by atoms with Crippen molar-refractivity contribution in [2.45, 2.75) is 63.3 Å². The van der Waals surface area contributed by atoms with Crippen LogP contribution in [-0.2, 0) is 0 Å². The first-order chi connectivity index (χ1) is 10.1. The molecule has 3 heterocycles. The number of β-amino-alcohol motifs (C(OH)–C–C–N with tert-alkyl or cyclic N) is 1. The van der Waals surface area contributed by atoms with Gasteiger partial charge in [-0.3, -0.25) is 14.7 Å². The van der Waals surface area contributed by atoms with Crippen LogP contribution in [-0.4, -0.2) is 82.8 Å². The summed E-state index contributed by atoms with van der Waals surface area (Å²) in [4.78, 5) is 8.08. The van der Waals surface area contributed by atoms with Crippen LogP contribution in [0.4, 0.5) is 0 Å². The van der Waals surface area contributed by atoms with E-state index in [1.54, 1.807) is 0 Å². The van der Waals surface area contributed by atoms with Gasteiger partial charge in [0.2, 0.25) is 0 Å². The Bertz CT molecular complexity index is 389. The van der Waals surface area contributed by atoms with Crippen molar-refractivity contribution < 1.29 is 5.11 Å². The summed E-state index contributed by atoms with van der Waals surface area (Å²) >= 11 is 0. The molecule has 4 rings (SSSR count). The second-order valence-corrected chi connectivity index (χ2v) is 8.50. The number of aliphatic hydroxyl groups excluding tert-OH is 1. The Labute approximate surface area is 129 Å². The Morgan fingerprint density at radius 3 is 2.48 bits per heavy atom. The summed E-state index contributed by atoms with van der Waals surface area (Å²) in [5.74, 6) is 0.739. The van der Waals surface area contributed by atoms with Crippen LogP contribution < -0.4 is 0 Å². The molecule has 4 nitrogen and oxygen atoms in total. The fourth-order valence-electron chi connectivity index (χ4n) is 5.17. The van der Waals surface area contributed by atoms with E-state index in [1.807, 2.05) is 0 Å². The van der Waals surface area contributed by atoms with Gasteiger partial charge in [0.1, 0.15) is 0 Å². The molecule has 1 saturated carbocycles. The van der Waals surface area contributed by atoms with Crippen LogP contribution in [0.3, 0.4) is 0 Å². The number of nitrogens with zero attached hydrogens (tertiary/aromatic N) is 3. The van der Waals surface area contributed by atoms with Crippen LogP contribution in [0, 0.1) is 5.92 Å². The van der Waals surface area contributed by atoms with Crippen LogP contribution in [0.15, 0.2) is 0 Å². The lowest BCUT2D eigenvalue weighted by atomic mass is 9.79. The molecule has 4 aliphatic rings. The van der Waals surface area contributed by atoms with Gasteiger partial charge in [0.05, 0.1) is 11.6 Å². The van der Waals surface area contributed by atoms with Gasteiger partial charge >= 0.3 is 0 Å². The highest BCUT2D eigenvalue weighted by atomic mass is 16.3. The van der Waals surface area contributed by atoms with E-state index in [-0.39, 0.29) is 6.10 Å². The summed E-state index contributed by atoms with van der Waals surface area (Å²) in [6.45, 7) is 11.7. The average Bonchev–Trinajstić information content (AvgIpc) is 2.64. The molecule has 0 radical (unpaired) electrons. The van der Waals surface area contributed by atoms with E-state index in [1.165, 1.54) is 52.0 Å². The maximum absolute atomic E-state index is 10.1. The zero-order valence-electron chi connectivity index (χ0n) is 13.7. The van der Waals surface area contributed by atoms with Crippen molar-refractivity contribution in [2.24, 2.45) is 5.92 Å². The van der Waals surface area contributed by atoms with E-state index in [4.69, 9.17) is 0 Å². The Hall–Kier alpha value is -0.160. The van der Waals surface area contributed by atoms with Gasteiger partial charge in [-0.15, -0.1) is 0 Å². The van der Waals surface area contributed by atoms with Gasteiger partial charge < -0.3 is 5.11 Å². The normalized spacial score (nSPS) is 37.7. The third-order valence-electron chi connectivity index (χ3n) is 6.20.